The third-order valence-corrected chi connectivity index (χ3v) is 5.81. The molecule has 5 rings (SSSR count). The Labute approximate surface area is 200 Å². The van der Waals surface area contributed by atoms with Gasteiger partial charge in [-0.05, 0) is 60.7 Å². The number of nitrogens with one attached hydrogen (secondary N) is 2. The maximum Gasteiger partial charge on any atom is 0.228 e. The second-order valence-electron chi connectivity index (χ2n) is 7.63. The first kappa shape index (κ1) is 21.6. The number of aromatic nitrogens is 5. The van der Waals surface area contributed by atoms with Gasteiger partial charge in [0.25, 0.3) is 0 Å². The molecule has 5 aromatic rings. The van der Waals surface area contributed by atoms with Crippen molar-refractivity contribution >= 4 is 35.1 Å². The molecule has 0 fully saturated rings. The van der Waals surface area contributed by atoms with Crippen LogP contribution in [0.4, 0.5) is 5.95 Å². The lowest BCUT2D eigenvalue weighted by molar-refractivity contribution is -0.116. The van der Waals surface area contributed by atoms with Crippen molar-refractivity contribution in [1.29, 1.82) is 0 Å². The molecule has 2 heterocycles. The fourth-order valence-corrected chi connectivity index (χ4v) is 4.06. The second kappa shape index (κ2) is 9.32. The quantitative estimate of drug-likeness (QED) is 0.327. The minimum atomic E-state index is -0.170. The zero-order valence-corrected chi connectivity index (χ0v) is 19.2. The molecule has 0 aliphatic carbocycles. The topological polar surface area (TPSA) is 89.8 Å². The van der Waals surface area contributed by atoms with Crippen LogP contribution in [0.15, 0.2) is 78.9 Å². The van der Waals surface area contributed by atoms with Gasteiger partial charge < -0.3 is 4.74 Å². The van der Waals surface area contributed by atoms with Gasteiger partial charge in [-0.25, -0.2) is 4.98 Å². The van der Waals surface area contributed by atoms with Crippen molar-refractivity contribution in [2.45, 2.75) is 13.0 Å². The number of hydrogen-bond acceptors (Lipinski definition) is 5. The summed E-state index contributed by atoms with van der Waals surface area (Å²) in [6.07, 6.45) is 0.203. The highest BCUT2D eigenvalue weighted by molar-refractivity contribution is 7.71. The van der Waals surface area contributed by atoms with E-state index in [-0.39, 0.29) is 12.3 Å². The van der Waals surface area contributed by atoms with Crippen molar-refractivity contribution in [1.82, 2.24) is 24.3 Å². The molecule has 0 spiro atoms. The smallest absolute Gasteiger partial charge is 0.228 e. The largest absolute Gasteiger partial charge is 0.497 e. The maximum atomic E-state index is 13.0. The fraction of sp³-hybridized carbons (Fsp3) is 0.120. The van der Waals surface area contributed by atoms with Crippen LogP contribution in [0.5, 0.6) is 5.75 Å². The Balaban J connectivity index is 1.37. The summed E-state index contributed by atoms with van der Waals surface area (Å²) in [7, 11) is 1.62. The van der Waals surface area contributed by atoms with E-state index in [0.717, 1.165) is 28.0 Å². The van der Waals surface area contributed by atoms with Gasteiger partial charge in [-0.15, -0.1) is 0 Å². The van der Waals surface area contributed by atoms with E-state index in [1.165, 1.54) is 0 Å². The van der Waals surface area contributed by atoms with Gasteiger partial charge in [0.05, 0.1) is 18.1 Å². The van der Waals surface area contributed by atoms with Gasteiger partial charge in [0, 0.05) is 24.2 Å². The van der Waals surface area contributed by atoms with E-state index in [4.69, 9.17) is 17.0 Å². The molecule has 170 valence electrons. The molecule has 0 aliphatic heterocycles. The third-order valence-electron chi connectivity index (χ3n) is 5.50. The molecule has 0 aliphatic rings. The average molecular weight is 471 g/mol. The number of carbonyl (C=O) groups is 1. The Kier molecular flexibility index (Phi) is 5.92. The van der Waals surface area contributed by atoms with Crippen LogP contribution in [0.3, 0.4) is 0 Å². The highest BCUT2D eigenvalue weighted by atomic mass is 32.1. The number of benzene rings is 3. The number of nitrogens with zero attached hydrogens (tertiary/aromatic N) is 4. The molecule has 8 nitrogen and oxygen atoms in total. The molecular formula is C25H22N6O2S. The number of hydrogen-bond donors (Lipinski definition) is 2. The number of rotatable bonds is 7. The van der Waals surface area contributed by atoms with E-state index in [1.54, 1.807) is 7.11 Å². The first-order valence-electron chi connectivity index (χ1n) is 10.8. The molecule has 0 unspecified atom stereocenters. The first-order chi connectivity index (χ1) is 16.6. The van der Waals surface area contributed by atoms with Crippen LogP contribution in [-0.4, -0.2) is 37.3 Å². The van der Waals surface area contributed by atoms with Crippen LogP contribution in [0.25, 0.3) is 28.1 Å². The van der Waals surface area contributed by atoms with E-state index in [1.807, 2.05) is 88.0 Å². The van der Waals surface area contributed by atoms with E-state index < -0.39 is 0 Å². The van der Waals surface area contributed by atoms with Gasteiger partial charge in [0.15, 0.2) is 10.6 Å². The molecule has 0 saturated carbocycles. The maximum absolute atomic E-state index is 13.0. The van der Waals surface area contributed by atoms with Crippen LogP contribution >= 0.6 is 12.2 Å². The number of para-hydroxylation sites is 3. The molecule has 0 atom stereocenters. The van der Waals surface area contributed by atoms with Gasteiger partial charge in [-0.2, -0.15) is 5.10 Å². The van der Waals surface area contributed by atoms with Crippen LogP contribution in [0, 0.1) is 4.77 Å². The normalized spacial score (nSPS) is 11.0. The zero-order chi connectivity index (χ0) is 23.5. The molecule has 0 saturated heterocycles. The lowest BCUT2D eigenvalue weighted by Crippen LogP contribution is -2.17. The van der Waals surface area contributed by atoms with E-state index >= 15 is 0 Å². The lowest BCUT2D eigenvalue weighted by atomic mass is 10.2. The number of methoxy groups -OCH3 is 1. The van der Waals surface area contributed by atoms with Crippen molar-refractivity contribution in [2.24, 2.45) is 0 Å². The Morgan fingerprint density at radius 2 is 1.76 bits per heavy atom. The van der Waals surface area contributed by atoms with E-state index in [2.05, 4.69) is 20.5 Å². The van der Waals surface area contributed by atoms with Gasteiger partial charge in [-0.1, -0.05) is 30.3 Å². The summed E-state index contributed by atoms with van der Waals surface area (Å²) in [5, 5.41) is 10.1. The van der Waals surface area contributed by atoms with Crippen molar-refractivity contribution in [2.75, 3.05) is 12.4 Å². The first-order valence-corrected chi connectivity index (χ1v) is 11.2. The average Bonchev–Trinajstić information content (AvgIpc) is 3.42. The Bertz CT molecular complexity index is 1500. The molecule has 1 amide bonds. The number of imidazole rings is 1. The van der Waals surface area contributed by atoms with Crippen molar-refractivity contribution in [3.63, 3.8) is 0 Å². The molecule has 2 N–H and O–H groups in total. The number of ether oxygens (including phenoxy) is 1. The number of H-pyrrole nitrogens is 1. The summed E-state index contributed by atoms with van der Waals surface area (Å²) in [4.78, 5) is 17.6. The minimum absolute atomic E-state index is 0.170. The predicted molar refractivity (Wildman–Crippen MR) is 134 cm³/mol. The number of carbonyl (C=O) groups excluding carboxylic acids is 1. The number of anilines is 1. The third kappa shape index (κ3) is 4.20. The summed E-state index contributed by atoms with van der Waals surface area (Å²) in [5.41, 5.74) is 3.52. The summed E-state index contributed by atoms with van der Waals surface area (Å²) in [6.45, 7) is 0.369. The Hall–Kier alpha value is -4.24. The van der Waals surface area contributed by atoms with Crippen molar-refractivity contribution in [3.8, 4) is 22.8 Å². The minimum Gasteiger partial charge on any atom is -0.497 e. The highest BCUT2D eigenvalue weighted by Gasteiger charge is 2.16. The van der Waals surface area contributed by atoms with Gasteiger partial charge >= 0.3 is 0 Å². The van der Waals surface area contributed by atoms with Crippen LogP contribution in [0.2, 0.25) is 0 Å². The summed E-state index contributed by atoms with van der Waals surface area (Å²) in [6, 6.07) is 25.2. The SMILES string of the molecule is COc1ccc(-c2n[nH]c(=S)n2CCC(=O)Nc2nc3ccccc3n2-c2ccccc2)cc1. The summed E-state index contributed by atoms with van der Waals surface area (Å²) >= 11 is 5.40. The fourth-order valence-electron chi connectivity index (χ4n) is 3.83. The summed E-state index contributed by atoms with van der Waals surface area (Å²) < 4.78 is 9.44. The molecule has 34 heavy (non-hydrogen) atoms. The van der Waals surface area contributed by atoms with Crippen LogP contribution in [0.1, 0.15) is 6.42 Å². The van der Waals surface area contributed by atoms with Crippen molar-refractivity contribution in [3.05, 3.63) is 83.6 Å². The molecule has 0 bridgehead atoms. The molecule has 9 heteroatoms. The molecular weight excluding hydrogens is 448 g/mol. The summed E-state index contributed by atoms with van der Waals surface area (Å²) in [5.74, 6) is 1.72. The number of fused-ring (bicyclic) bond motifs is 1. The number of amides is 1. The molecule has 2 aromatic heterocycles. The Morgan fingerprint density at radius 1 is 1.03 bits per heavy atom. The molecule has 3 aromatic carbocycles. The standard InChI is InChI=1S/C25H22N6O2S/c1-33-19-13-11-17(12-14-19)23-28-29-25(34)30(23)16-15-22(32)27-24-26-20-9-5-6-10-21(20)31(24)18-7-3-2-4-8-18/h2-14H,15-16H2,1H3,(H,29,34)(H,26,27,32). The van der Waals surface area contributed by atoms with Crippen molar-refractivity contribution < 1.29 is 9.53 Å². The van der Waals surface area contributed by atoms with E-state index in [0.29, 0.717) is 23.1 Å². The van der Waals surface area contributed by atoms with Gasteiger partial charge in [-0.3, -0.25) is 24.3 Å². The zero-order valence-electron chi connectivity index (χ0n) is 18.4. The van der Waals surface area contributed by atoms with Gasteiger partial charge in [0.1, 0.15) is 5.75 Å². The van der Waals surface area contributed by atoms with Crippen LogP contribution in [-0.2, 0) is 11.3 Å². The number of aromatic amines is 1. The van der Waals surface area contributed by atoms with Crippen LogP contribution < -0.4 is 10.1 Å². The Morgan fingerprint density at radius 3 is 2.53 bits per heavy atom. The second-order valence-corrected chi connectivity index (χ2v) is 8.01. The van der Waals surface area contributed by atoms with Gasteiger partial charge in [0.2, 0.25) is 11.9 Å². The molecule has 0 radical (unpaired) electrons. The monoisotopic (exact) mass is 470 g/mol. The van der Waals surface area contributed by atoms with E-state index in [9.17, 15) is 4.79 Å². The lowest BCUT2D eigenvalue weighted by Gasteiger charge is -2.11. The predicted octanol–water partition coefficient (Wildman–Crippen LogP) is 4.98. The highest BCUT2D eigenvalue weighted by Crippen LogP contribution is 2.25.